The molecule has 7 heterocycles. The molecule has 62 heavy (non-hydrogen) atoms. The molecule has 11 nitrogen and oxygen atoms in total. The van der Waals surface area contributed by atoms with E-state index in [0.717, 1.165) is 110 Å². The Balaban J connectivity index is 0.000000164. The fourth-order valence-corrected chi connectivity index (χ4v) is 7.87. The van der Waals surface area contributed by atoms with E-state index in [1.807, 2.05) is 139 Å². The Morgan fingerprint density at radius 1 is 0.565 bits per heavy atom. The van der Waals surface area contributed by atoms with Crippen molar-refractivity contribution in [1.29, 1.82) is 0 Å². The van der Waals surface area contributed by atoms with Gasteiger partial charge >= 0.3 is 0 Å². The first-order valence-electron chi connectivity index (χ1n) is 21.2. The average molecular weight is 840 g/mol. The molecule has 1 fully saturated rings. The molecule has 1 aliphatic rings. The lowest BCUT2D eigenvalue weighted by Crippen LogP contribution is -2.43. The first-order valence-corrected chi connectivity index (χ1v) is 20.2. The summed E-state index contributed by atoms with van der Waals surface area (Å²) in [6.45, 7) is 8.22. The van der Waals surface area contributed by atoms with Crippen LogP contribution in [0.25, 0.3) is 77.6 Å². The third kappa shape index (κ3) is 8.28. The summed E-state index contributed by atoms with van der Waals surface area (Å²) < 4.78 is 15.2. The Bertz CT molecular complexity index is 3100. The maximum atomic E-state index is 5.75. The van der Waals surface area contributed by atoms with Gasteiger partial charge in [0.05, 0.1) is 29.5 Å². The van der Waals surface area contributed by atoms with Crippen molar-refractivity contribution in [2.75, 3.05) is 31.1 Å². The molecule has 0 bridgehead atoms. The first kappa shape index (κ1) is 40.2. The Morgan fingerprint density at radius 2 is 1.05 bits per heavy atom. The van der Waals surface area contributed by atoms with Gasteiger partial charge in [0, 0.05) is 103 Å². The second kappa shape index (κ2) is 18.2. The summed E-state index contributed by atoms with van der Waals surface area (Å²) in [5.41, 5.74) is 13.3. The van der Waals surface area contributed by atoms with Crippen LogP contribution in [-0.4, -0.2) is 71.4 Å². The highest BCUT2D eigenvalue weighted by atomic mass is 35.5. The predicted octanol–water partition coefficient (Wildman–Crippen LogP) is 10.5. The van der Waals surface area contributed by atoms with E-state index in [-0.39, 0.29) is 18.5 Å². The lowest BCUT2D eigenvalue weighted by molar-refractivity contribution is 0.242. The Morgan fingerprint density at radius 3 is 1.55 bits per heavy atom. The van der Waals surface area contributed by atoms with Crippen molar-refractivity contribution in [3.63, 3.8) is 0 Å². The number of fused-ring (bicyclic) bond motifs is 4. The molecule has 0 spiro atoms. The molecule has 11 rings (SSSR count). The van der Waals surface area contributed by atoms with Gasteiger partial charge in [-0.15, -0.1) is 12.4 Å². The number of pyridine rings is 2. The van der Waals surface area contributed by atoms with Crippen molar-refractivity contribution >= 4 is 51.2 Å². The van der Waals surface area contributed by atoms with E-state index in [4.69, 9.17) is 16.1 Å². The smallest absolute Gasteiger partial charge is 0.162 e. The van der Waals surface area contributed by atoms with Crippen LogP contribution in [0.15, 0.2) is 159 Å². The lowest BCUT2D eigenvalue weighted by atomic mass is 10.0. The number of para-hydroxylation sites is 2. The van der Waals surface area contributed by atoms with Gasteiger partial charge in [0.2, 0.25) is 0 Å². The number of aromatic nitrogens is 8. The first-order chi connectivity index (χ1) is 30.6. The second-order valence-corrected chi connectivity index (χ2v) is 15.1. The topological polar surface area (TPSA) is 111 Å². The number of benzene rings is 4. The van der Waals surface area contributed by atoms with Crippen molar-refractivity contribution in [3.05, 3.63) is 159 Å². The van der Waals surface area contributed by atoms with E-state index < -0.39 is 0 Å². The van der Waals surface area contributed by atoms with Crippen molar-refractivity contribution in [2.24, 2.45) is 0 Å². The zero-order valence-corrected chi connectivity index (χ0v) is 35.6. The van der Waals surface area contributed by atoms with Crippen molar-refractivity contribution in [1.82, 2.24) is 44.5 Å². The number of nitrogens with zero attached hydrogens (tertiary/aromatic N) is 9. The number of halogens is 1. The van der Waals surface area contributed by atoms with Gasteiger partial charge in [-0.05, 0) is 84.6 Å². The minimum absolute atomic E-state index is 0. The maximum absolute atomic E-state index is 5.75. The zero-order valence-electron chi connectivity index (χ0n) is 35.8. The summed E-state index contributed by atoms with van der Waals surface area (Å²) in [6, 6.07) is 37.1. The van der Waals surface area contributed by atoms with Gasteiger partial charge in [-0.3, -0.25) is 9.97 Å². The predicted molar refractivity (Wildman–Crippen MR) is 253 cm³/mol. The molecule has 0 saturated carbocycles. The standard InChI is InChI=1S/C25H22N6.C24H20N4O.CH4.ClH/c1-2-4-24-22(3-1)21(9-10-27-24)23-16-29-31-17-19(15-28-25(23)31)18-5-7-20(8-6-18)30-13-11-26-12-14-30;1-16(2)29-19-9-7-17(8-10-19)18-13-26-24-22(14-27-28(24)15-18)20-11-12-25-23-6-4-3-5-21(20)23;;/h1-10,15-17,26H,11-14H2;3-16H,1-2H3;1H4;1H/i;;1D;. The minimum atomic E-state index is 0. The maximum Gasteiger partial charge on any atom is 0.162 e. The van der Waals surface area contributed by atoms with Crippen LogP contribution < -0.4 is 15.0 Å². The molecule has 0 unspecified atom stereocenters. The van der Waals surface area contributed by atoms with Crippen LogP contribution in [-0.2, 0) is 0 Å². The van der Waals surface area contributed by atoms with Crippen molar-refractivity contribution in [2.45, 2.75) is 27.4 Å². The number of rotatable bonds is 7. The number of ether oxygens (including phenoxy) is 1. The quantitative estimate of drug-likeness (QED) is 0.168. The fraction of sp³-hybridized carbons (Fsp3) is 0.160. The lowest BCUT2D eigenvalue weighted by Gasteiger charge is -2.29. The summed E-state index contributed by atoms with van der Waals surface area (Å²) >= 11 is 0. The molecule has 1 saturated heterocycles. The third-order valence-electron chi connectivity index (χ3n) is 10.8. The van der Waals surface area contributed by atoms with Crippen LogP contribution in [0, 0.1) is 0 Å². The van der Waals surface area contributed by atoms with Crippen LogP contribution in [0.3, 0.4) is 0 Å². The van der Waals surface area contributed by atoms with Crippen LogP contribution in [0.2, 0.25) is 0 Å². The van der Waals surface area contributed by atoms with Gasteiger partial charge in [0.25, 0.3) is 0 Å². The Labute approximate surface area is 367 Å². The highest BCUT2D eigenvalue weighted by molar-refractivity contribution is 5.98. The normalized spacial score (nSPS) is 12.6. The molecule has 1 aliphatic heterocycles. The molecule has 1 N–H and O–H groups in total. The molecule has 10 aromatic rings. The summed E-state index contributed by atoms with van der Waals surface area (Å²) in [4.78, 5) is 20.8. The number of nitrogens with one attached hydrogen (secondary N) is 1. The zero-order chi connectivity index (χ0) is 42.4. The van der Waals surface area contributed by atoms with E-state index in [1.165, 1.54) is 13.1 Å². The number of anilines is 1. The monoisotopic (exact) mass is 839 g/mol. The molecule has 4 aromatic carbocycles. The van der Waals surface area contributed by atoms with E-state index in [9.17, 15) is 0 Å². The SMILES string of the molecule is CC(C)Oc1ccc(-c2cnc3c(-c4ccnc5ccccc45)cnn3c2)cc1.Cl.[2H]C.c1ccc2c(-c3cnn4cc(-c5ccc(N6CCNCC6)cc5)cnc34)ccnc2c1. The molecular weight excluding hydrogens is 792 g/mol. The van der Waals surface area contributed by atoms with Crippen LogP contribution >= 0.6 is 12.4 Å². The number of piperazine rings is 1. The van der Waals surface area contributed by atoms with E-state index in [1.54, 1.807) is 0 Å². The molecule has 0 radical (unpaired) electrons. The van der Waals surface area contributed by atoms with E-state index in [0.29, 0.717) is 0 Å². The Kier molecular flexibility index (Phi) is 11.8. The van der Waals surface area contributed by atoms with Gasteiger partial charge in [-0.1, -0.05) is 68.1 Å². The molecule has 6 aromatic heterocycles. The van der Waals surface area contributed by atoms with Crippen LogP contribution in [0.5, 0.6) is 5.75 Å². The summed E-state index contributed by atoms with van der Waals surface area (Å²) in [7, 11) is 1.25. The number of hydrogen-bond donors (Lipinski definition) is 1. The molecule has 0 aliphatic carbocycles. The highest BCUT2D eigenvalue weighted by Crippen LogP contribution is 2.33. The van der Waals surface area contributed by atoms with Gasteiger partial charge in [0.15, 0.2) is 11.3 Å². The van der Waals surface area contributed by atoms with Crippen molar-refractivity contribution < 1.29 is 6.11 Å². The van der Waals surface area contributed by atoms with Crippen LogP contribution in [0.4, 0.5) is 5.69 Å². The minimum Gasteiger partial charge on any atom is -0.491 e. The molecule has 0 atom stereocenters. The number of hydrogen-bond acceptors (Lipinski definition) is 9. The molecular formula is C50H47ClN10O. The third-order valence-corrected chi connectivity index (χ3v) is 10.8. The molecule has 12 heteroatoms. The fourth-order valence-electron chi connectivity index (χ4n) is 7.87. The average Bonchev–Trinajstić information content (AvgIpc) is 3.96. The summed E-state index contributed by atoms with van der Waals surface area (Å²) in [6.07, 6.45) is 15.5. The second-order valence-electron chi connectivity index (χ2n) is 15.1. The summed E-state index contributed by atoms with van der Waals surface area (Å²) in [5, 5.41) is 14.8. The van der Waals surface area contributed by atoms with Crippen LogP contribution in [0.1, 0.15) is 22.6 Å². The van der Waals surface area contributed by atoms with E-state index in [2.05, 4.69) is 73.0 Å². The molecule has 0 amide bonds. The van der Waals surface area contributed by atoms with Gasteiger partial charge in [-0.2, -0.15) is 10.2 Å². The molecule has 310 valence electrons. The van der Waals surface area contributed by atoms with Gasteiger partial charge in [-0.25, -0.2) is 19.0 Å². The Hall–Kier alpha value is -7.21. The van der Waals surface area contributed by atoms with Gasteiger partial charge < -0.3 is 15.0 Å². The highest BCUT2D eigenvalue weighted by Gasteiger charge is 2.15. The van der Waals surface area contributed by atoms with Gasteiger partial charge in [0.1, 0.15) is 5.75 Å². The largest absolute Gasteiger partial charge is 0.491 e. The summed E-state index contributed by atoms with van der Waals surface area (Å²) in [5.74, 6) is 0.865. The van der Waals surface area contributed by atoms with Crippen molar-refractivity contribution in [3.8, 4) is 50.3 Å². The van der Waals surface area contributed by atoms with E-state index >= 15 is 0 Å².